The number of rotatable bonds is 3. The SMILES string of the molecule is O=C(NN=Cc1cccc(Cl)c1)c1cccc(I)c1. The molecule has 0 unspecified atom stereocenters. The van der Waals surface area contributed by atoms with Crippen LogP contribution in [0, 0.1) is 3.57 Å². The van der Waals surface area contributed by atoms with Crippen LogP contribution in [0.15, 0.2) is 53.6 Å². The minimum absolute atomic E-state index is 0.239. The number of hydrogen-bond acceptors (Lipinski definition) is 2. The molecule has 3 nitrogen and oxygen atoms in total. The van der Waals surface area contributed by atoms with E-state index in [1.54, 1.807) is 30.5 Å². The third kappa shape index (κ3) is 4.33. The van der Waals surface area contributed by atoms with Crippen LogP contribution in [0.1, 0.15) is 15.9 Å². The first-order valence-electron chi connectivity index (χ1n) is 5.50. The molecule has 0 radical (unpaired) electrons. The summed E-state index contributed by atoms with van der Waals surface area (Å²) in [5.41, 5.74) is 3.89. The Kier molecular flexibility index (Phi) is 4.93. The summed E-state index contributed by atoms with van der Waals surface area (Å²) in [5, 5.41) is 4.54. The number of carbonyl (C=O) groups is 1. The van der Waals surface area contributed by atoms with Gasteiger partial charge in [0, 0.05) is 14.2 Å². The lowest BCUT2D eigenvalue weighted by molar-refractivity contribution is 0.0955. The first kappa shape index (κ1) is 14.0. The second-order valence-electron chi connectivity index (χ2n) is 3.76. The third-order valence-corrected chi connectivity index (χ3v) is 3.22. The standard InChI is InChI=1S/C14H10ClIN2O/c15-12-5-1-3-10(7-12)9-17-18-14(19)11-4-2-6-13(16)8-11/h1-9H,(H,18,19). The van der Waals surface area contributed by atoms with Gasteiger partial charge in [0.1, 0.15) is 0 Å². The number of benzene rings is 2. The third-order valence-electron chi connectivity index (χ3n) is 2.32. The zero-order chi connectivity index (χ0) is 13.7. The van der Waals surface area contributed by atoms with E-state index in [0.29, 0.717) is 10.6 Å². The Hall–Kier alpha value is -1.40. The van der Waals surface area contributed by atoms with E-state index in [0.717, 1.165) is 9.13 Å². The van der Waals surface area contributed by atoms with Gasteiger partial charge < -0.3 is 0 Å². The number of amides is 1. The van der Waals surface area contributed by atoms with Crippen LogP contribution < -0.4 is 5.43 Å². The lowest BCUT2D eigenvalue weighted by atomic mass is 10.2. The van der Waals surface area contributed by atoms with Gasteiger partial charge in [0.25, 0.3) is 5.91 Å². The second kappa shape index (κ2) is 6.68. The smallest absolute Gasteiger partial charge is 0.267 e. The minimum atomic E-state index is -0.239. The highest BCUT2D eigenvalue weighted by Gasteiger charge is 2.03. The number of halogens is 2. The van der Waals surface area contributed by atoms with Gasteiger partial charge in [-0.25, -0.2) is 5.43 Å². The molecule has 0 heterocycles. The monoisotopic (exact) mass is 384 g/mol. The molecule has 0 bridgehead atoms. The lowest BCUT2D eigenvalue weighted by Gasteiger charge is -2.00. The molecular formula is C14H10ClIN2O. The van der Waals surface area contributed by atoms with E-state index in [1.807, 2.05) is 24.3 Å². The fourth-order valence-corrected chi connectivity index (χ4v) is 2.19. The molecule has 1 N–H and O–H groups in total. The molecular weight excluding hydrogens is 375 g/mol. The molecule has 2 aromatic carbocycles. The molecule has 0 aromatic heterocycles. The van der Waals surface area contributed by atoms with Crippen LogP contribution in [-0.2, 0) is 0 Å². The van der Waals surface area contributed by atoms with Gasteiger partial charge in [-0.05, 0) is 58.5 Å². The van der Waals surface area contributed by atoms with Gasteiger partial charge in [0.05, 0.1) is 6.21 Å². The van der Waals surface area contributed by atoms with Crippen LogP contribution in [-0.4, -0.2) is 12.1 Å². The van der Waals surface area contributed by atoms with Gasteiger partial charge in [-0.2, -0.15) is 5.10 Å². The average Bonchev–Trinajstić information content (AvgIpc) is 2.38. The van der Waals surface area contributed by atoms with Crippen molar-refractivity contribution in [2.24, 2.45) is 5.10 Å². The maximum Gasteiger partial charge on any atom is 0.271 e. The van der Waals surface area contributed by atoms with Crippen molar-refractivity contribution in [3.05, 3.63) is 68.3 Å². The van der Waals surface area contributed by atoms with Crippen molar-refractivity contribution in [2.45, 2.75) is 0 Å². The van der Waals surface area contributed by atoms with E-state index in [4.69, 9.17) is 11.6 Å². The zero-order valence-corrected chi connectivity index (χ0v) is 12.7. The van der Waals surface area contributed by atoms with Gasteiger partial charge in [-0.3, -0.25) is 4.79 Å². The molecule has 0 saturated carbocycles. The fraction of sp³-hybridized carbons (Fsp3) is 0. The van der Waals surface area contributed by atoms with Crippen molar-refractivity contribution in [1.29, 1.82) is 0 Å². The number of hydrogen-bond donors (Lipinski definition) is 1. The average molecular weight is 385 g/mol. The molecule has 0 saturated heterocycles. The number of nitrogens with one attached hydrogen (secondary N) is 1. The number of nitrogens with zero attached hydrogens (tertiary/aromatic N) is 1. The first-order chi connectivity index (χ1) is 9.15. The summed E-state index contributed by atoms with van der Waals surface area (Å²) in [7, 11) is 0. The van der Waals surface area contributed by atoms with Crippen LogP contribution in [0.25, 0.3) is 0 Å². The van der Waals surface area contributed by atoms with Crippen LogP contribution in [0.5, 0.6) is 0 Å². The van der Waals surface area contributed by atoms with Gasteiger partial charge in [0.2, 0.25) is 0 Å². The summed E-state index contributed by atoms with van der Waals surface area (Å²) in [6, 6.07) is 14.5. The van der Waals surface area contributed by atoms with Crippen molar-refractivity contribution in [3.8, 4) is 0 Å². The highest BCUT2D eigenvalue weighted by molar-refractivity contribution is 14.1. The highest BCUT2D eigenvalue weighted by atomic mass is 127. The van der Waals surface area contributed by atoms with Crippen molar-refractivity contribution in [3.63, 3.8) is 0 Å². The van der Waals surface area contributed by atoms with Gasteiger partial charge in [0.15, 0.2) is 0 Å². The molecule has 0 atom stereocenters. The summed E-state index contributed by atoms with van der Waals surface area (Å²) in [6.45, 7) is 0. The van der Waals surface area contributed by atoms with Crippen molar-refractivity contribution in [1.82, 2.24) is 5.43 Å². The Bertz CT molecular complexity index is 628. The molecule has 19 heavy (non-hydrogen) atoms. The highest BCUT2D eigenvalue weighted by Crippen LogP contribution is 2.09. The Morgan fingerprint density at radius 2 is 2.00 bits per heavy atom. The van der Waals surface area contributed by atoms with E-state index in [1.165, 1.54) is 0 Å². The van der Waals surface area contributed by atoms with Gasteiger partial charge >= 0.3 is 0 Å². The maximum atomic E-state index is 11.8. The molecule has 0 aliphatic carbocycles. The lowest BCUT2D eigenvalue weighted by Crippen LogP contribution is -2.17. The number of carbonyl (C=O) groups excluding carboxylic acids is 1. The quantitative estimate of drug-likeness (QED) is 0.489. The van der Waals surface area contributed by atoms with Crippen molar-refractivity contribution in [2.75, 3.05) is 0 Å². The molecule has 1 amide bonds. The number of hydrazone groups is 1. The van der Waals surface area contributed by atoms with Crippen LogP contribution in [0.3, 0.4) is 0 Å². The van der Waals surface area contributed by atoms with E-state index < -0.39 is 0 Å². The molecule has 0 fully saturated rings. The molecule has 2 rings (SSSR count). The molecule has 96 valence electrons. The molecule has 2 aromatic rings. The Morgan fingerprint density at radius 3 is 2.74 bits per heavy atom. The summed E-state index contributed by atoms with van der Waals surface area (Å²) >= 11 is 8.01. The van der Waals surface area contributed by atoms with Crippen molar-refractivity contribution >= 4 is 46.3 Å². The zero-order valence-electron chi connectivity index (χ0n) is 9.81. The Balaban J connectivity index is 2.01. The van der Waals surface area contributed by atoms with Crippen LogP contribution in [0.4, 0.5) is 0 Å². The summed E-state index contributed by atoms with van der Waals surface area (Å²) in [4.78, 5) is 11.8. The summed E-state index contributed by atoms with van der Waals surface area (Å²) in [6.07, 6.45) is 1.55. The van der Waals surface area contributed by atoms with Crippen molar-refractivity contribution < 1.29 is 4.79 Å². The first-order valence-corrected chi connectivity index (χ1v) is 6.95. The second-order valence-corrected chi connectivity index (χ2v) is 5.45. The van der Waals surface area contributed by atoms with Gasteiger partial charge in [-0.15, -0.1) is 0 Å². The van der Waals surface area contributed by atoms with Gasteiger partial charge in [-0.1, -0.05) is 29.8 Å². The van der Waals surface area contributed by atoms with E-state index in [2.05, 4.69) is 33.1 Å². The van der Waals surface area contributed by atoms with Crippen LogP contribution in [0.2, 0.25) is 5.02 Å². The molecule has 0 aliphatic heterocycles. The molecule has 0 aliphatic rings. The minimum Gasteiger partial charge on any atom is -0.267 e. The maximum absolute atomic E-state index is 11.8. The predicted octanol–water partition coefficient (Wildman–Crippen LogP) is 3.71. The van der Waals surface area contributed by atoms with E-state index in [9.17, 15) is 4.79 Å². The Morgan fingerprint density at radius 1 is 1.21 bits per heavy atom. The normalized spacial score (nSPS) is 10.6. The fourth-order valence-electron chi connectivity index (χ4n) is 1.45. The topological polar surface area (TPSA) is 41.5 Å². The Labute approximate surface area is 129 Å². The van der Waals surface area contributed by atoms with E-state index in [-0.39, 0.29) is 5.91 Å². The van der Waals surface area contributed by atoms with Crippen LogP contribution >= 0.6 is 34.2 Å². The summed E-state index contributed by atoms with van der Waals surface area (Å²) < 4.78 is 1.00. The van der Waals surface area contributed by atoms with E-state index >= 15 is 0 Å². The molecule has 5 heteroatoms. The summed E-state index contributed by atoms with van der Waals surface area (Å²) in [5.74, 6) is -0.239. The largest absolute Gasteiger partial charge is 0.271 e. The molecule has 0 spiro atoms. The predicted molar refractivity (Wildman–Crippen MR) is 85.7 cm³/mol.